The lowest BCUT2D eigenvalue weighted by Gasteiger charge is -2.08. The molecule has 0 spiro atoms. The van der Waals surface area contributed by atoms with Crippen LogP contribution in [-0.2, 0) is 12.3 Å². The minimum Gasteiger partial charge on any atom is -0.350 e. The summed E-state index contributed by atoms with van der Waals surface area (Å²) in [6, 6.07) is 22.0. The van der Waals surface area contributed by atoms with Gasteiger partial charge < -0.3 is 9.88 Å². The van der Waals surface area contributed by atoms with Crippen molar-refractivity contribution in [1.29, 1.82) is 0 Å². The Morgan fingerprint density at radius 2 is 1.81 bits per heavy atom. The number of rotatable bonds is 7. The summed E-state index contributed by atoms with van der Waals surface area (Å²) in [6.07, 6.45) is 2.20. The van der Waals surface area contributed by atoms with Crippen molar-refractivity contribution < 1.29 is 4.79 Å². The molecule has 0 saturated heterocycles. The molecule has 0 bridgehead atoms. The van der Waals surface area contributed by atoms with E-state index in [1.165, 1.54) is 32.5 Å². The first kappa shape index (κ1) is 21.5. The summed E-state index contributed by atoms with van der Waals surface area (Å²) in [6.45, 7) is 5.57. The van der Waals surface area contributed by atoms with E-state index in [0.29, 0.717) is 23.7 Å². The smallest absolute Gasteiger partial charge is 0.251 e. The maximum atomic E-state index is 12.4. The molecule has 1 aromatic heterocycles. The van der Waals surface area contributed by atoms with Crippen LogP contribution < -0.4 is 5.32 Å². The van der Waals surface area contributed by atoms with Crippen LogP contribution in [0.3, 0.4) is 0 Å². The van der Waals surface area contributed by atoms with E-state index in [9.17, 15) is 4.79 Å². The zero-order valence-corrected chi connectivity index (χ0v) is 19.3. The fourth-order valence-corrected chi connectivity index (χ4v) is 4.90. The topological polar surface area (TPSA) is 34.0 Å². The second-order valence-electron chi connectivity index (χ2n) is 7.69. The van der Waals surface area contributed by atoms with Gasteiger partial charge in [-0.05, 0) is 55.3 Å². The van der Waals surface area contributed by atoms with Crippen LogP contribution >= 0.6 is 23.4 Å². The van der Waals surface area contributed by atoms with Crippen molar-refractivity contribution in [2.75, 3.05) is 6.54 Å². The summed E-state index contributed by atoms with van der Waals surface area (Å²) in [5.41, 5.74) is 5.79. The van der Waals surface area contributed by atoms with Gasteiger partial charge in [0.15, 0.2) is 0 Å². The van der Waals surface area contributed by atoms with E-state index in [1.807, 2.05) is 11.8 Å². The van der Waals surface area contributed by atoms with Gasteiger partial charge in [-0.25, -0.2) is 0 Å². The number of nitrogens with one attached hydrogen (secondary N) is 1. The number of hydrogen-bond acceptors (Lipinski definition) is 2. The van der Waals surface area contributed by atoms with Crippen molar-refractivity contribution in [1.82, 2.24) is 9.88 Å². The Bertz CT molecular complexity index is 1210. The summed E-state index contributed by atoms with van der Waals surface area (Å²) in [4.78, 5) is 13.6. The van der Waals surface area contributed by atoms with Crippen LogP contribution in [0.1, 0.15) is 27.0 Å². The summed E-state index contributed by atoms with van der Waals surface area (Å²) in [5.74, 6) is 0.854. The van der Waals surface area contributed by atoms with Crippen LogP contribution in [0.2, 0.25) is 5.02 Å². The Morgan fingerprint density at radius 1 is 1.03 bits per heavy atom. The number of benzene rings is 3. The Morgan fingerprint density at radius 3 is 2.61 bits per heavy atom. The largest absolute Gasteiger partial charge is 0.350 e. The lowest BCUT2D eigenvalue weighted by Crippen LogP contribution is -2.27. The van der Waals surface area contributed by atoms with Gasteiger partial charge in [0.25, 0.3) is 5.91 Å². The van der Waals surface area contributed by atoms with Gasteiger partial charge in [-0.1, -0.05) is 53.6 Å². The summed E-state index contributed by atoms with van der Waals surface area (Å²) < 4.78 is 2.23. The number of aryl methyl sites for hydroxylation is 2. The lowest BCUT2D eigenvalue weighted by atomic mass is 10.1. The molecule has 1 heterocycles. The van der Waals surface area contributed by atoms with Crippen molar-refractivity contribution in [2.45, 2.75) is 31.0 Å². The maximum absolute atomic E-state index is 12.4. The third-order valence-corrected chi connectivity index (χ3v) is 6.73. The van der Waals surface area contributed by atoms with Gasteiger partial charge in [0.2, 0.25) is 0 Å². The molecule has 0 aliphatic carbocycles. The fourth-order valence-electron chi connectivity index (χ4n) is 3.62. The second-order valence-corrected chi connectivity index (χ2v) is 9.14. The molecule has 0 aliphatic rings. The van der Waals surface area contributed by atoms with Crippen molar-refractivity contribution in [2.24, 2.45) is 0 Å². The fraction of sp³-hybridized carbons (Fsp3) is 0.192. The SMILES string of the molecule is Cc1ccc(C)c(CSc2cn(CCNC(=O)c3ccc(Cl)cc3)c3ccccc23)c1. The monoisotopic (exact) mass is 448 g/mol. The number of halogens is 1. The molecule has 158 valence electrons. The van der Waals surface area contributed by atoms with Crippen molar-refractivity contribution in [3.8, 4) is 0 Å². The molecular weight excluding hydrogens is 424 g/mol. The van der Waals surface area contributed by atoms with Gasteiger partial charge in [0.1, 0.15) is 0 Å². The molecule has 0 unspecified atom stereocenters. The molecule has 3 aromatic carbocycles. The van der Waals surface area contributed by atoms with Crippen molar-refractivity contribution in [3.63, 3.8) is 0 Å². The molecule has 1 N–H and O–H groups in total. The molecule has 0 aliphatic heterocycles. The van der Waals surface area contributed by atoms with Gasteiger partial charge in [-0.3, -0.25) is 4.79 Å². The normalized spacial score (nSPS) is 11.1. The van der Waals surface area contributed by atoms with Gasteiger partial charge in [-0.2, -0.15) is 0 Å². The van der Waals surface area contributed by atoms with Gasteiger partial charge in [0.05, 0.1) is 0 Å². The Labute approximate surface area is 192 Å². The third-order valence-electron chi connectivity index (χ3n) is 5.38. The first-order chi connectivity index (χ1) is 15.0. The second kappa shape index (κ2) is 9.63. The summed E-state index contributed by atoms with van der Waals surface area (Å²) in [5, 5.41) is 4.88. The van der Waals surface area contributed by atoms with E-state index in [2.05, 4.69) is 72.4 Å². The van der Waals surface area contributed by atoms with Crippen LogP contribution in [0, 0.1) is 13.8 Å². The number of para-hydroxylation sites is 1. The van der Waals surface area contributed by atoms with Crippen LogP contribution in [0.25, 0.3) is 10.9 Å². The predicted molar refractivity (Wildman–Crippen MR) is 131 cm³/mol. The van der Waals surface area contributed by atoms with E-state index >= 15 is 0 Å². The quantitative estimate of drug-likeness (QED) is 0.322. The van der Waals surface area contributed by atoms with Crippen molar-refractivity contribution in [3.05, 3.63) is 100 Å². The molecule has 5 heteroatoms. The molecule has 0 fully saturated rings. The third kappa shape index (κ3) is 5.15. The average Bonchev–Trinajstić information content (AvgIpc) is 3.12. The number of fused-ring (bicyclic) bond motifs is 1. The minimum atomic E-state index is -0.0855. The van der Waals surface area contributed by atoms with Gasteiger partial charge >= 0.3 is 0 Å². The standard InChI is InChI=1S/C26H25ClN2OS/c1-18-7-8-19(2)21(15-18)17-31-25-16-29(24-6-4-3-5-23(24)25)14-13-28-26(30)20-9-11-22(27)12-10-20/h3-12,15-16H,13-14,17H2,1-2H3,(H,28,30). The number of hydrogen-bond donors (Lipinski definition) is 1. The minimum absolute atomic E-state index is 0.0855. The van der Waals surface area contributed by atoms with E-state index in [0.717, 1.165) is 5.75 Å². The van der Waals surface area contributed by atoms with E-state index in [4.69, 9.17) is 11.6 Å². The molecular formula is C26H25ClN2OS. The zero-order valence-electron chi connectivity index (χ0n) is 17.7. The van der Waals surface area contributed by atoms with Gasteiger partial charge in [-0.15, -0.1) is 11.8 Å². The first-order valence-corrected chi connectivity index (χ1v) is 11.7. The van der Waals surface area contributed by atoms with E-state index < -0.39 is 0 Å². The highest BCUT2D eigenvalue weighted by Gasteiger charge is 2.11. The molecule has 4 aromatic rings. The lowest BCUT2D eigenvalue weighted by molar-refractivity contribution is 0.0952. The highest BCUT2D eigenvalue weighted by atomic mass is 35.5. The molecule has 3 nitrogen and oxygen atoms in total. The number of nitrogens with zero attached hydrogens (tertiary/aromatic N) is 1. The van der Waals surface area contributed by atoms with E-state index in [-0.39, 0.29) is 5.91 Å². The maximum Gasteiger partial charge on any atom is 0.251 e. The molecule has 4 rings (SSSR count). The number of amides is 1. The summed E-state index contributed by atoms with van der Waals surface area (Å²) >= 11 is 7.77. The molecule has 0 radical (unpaired) electrons. The molecule has 0 saturated carbocycles. The molecule has 1 amide bonds. The Hall–Kier alpha value is -2.69. The van der Waals surface area contributed by atoms with Crippen LogP contribution in [0.15, 0.2) is 77.8 Å². The number of carbonyl (C=O) groups excluding carboxylic acids is 1. The van der Waals surface area contributed by atoms with E-state index in [1.54, 1.807) is 24.3 Å². The van der Waals surface area contributed by atoms with Gasteiger partial charge in [0, 0.05) is 51.4 Å². The average molecular weight is 449 g/mol. The van der Waals surface area contributed by atoms with Crippen LogP contribution in [0.4, 0.5) is 0 Å². The zero-order chi connectivity index (χ0) is 21.8. The highest BCUT2D eigenvalue weighted by Crippen LogP contribution is 2.33. The molecule has 0 atom stereocenters. The summed E-state index contributed by atoms with van der Waals surface area (Å²) in [7, 11) is 0. The number of aromatic nitrogens is 1. The number of carbonyl (C=O) groups is 1. The van der Waals surface area contributed by atoms with Crippen molar-refractivity contribution >= 4 is 40.2 Å². The highest BCUT2D eigenvalue weighted by molar-refractivity contribution is 7.98. The predicted octanol–water partition coefficient (Wildman–Crippen LogP) is 6.63. The Kier molecular flexibility index (Phi) is 6.69. The Balaban J connectivity index is 1.45. The van der Waals surface area contributed by atoms with Crippen LogP contribution in [-0.4, -0.2) is 17.0 Å². The first-order valence-electron chi connectivity index (χ1n) is 10.3. The molecule has 31 heavy (non-hydrogen) atoms. The number of thioether (sulfide) groups is 1. The van der Waals surface area contributed by atoms with Crippen LogP contribution in [0.5, 0.6) is 0 Å².